The van der Waals surface area contributed by atoms with Crippen LogP contribution in [0.5, 0.6) is 0 Å². The average molecular weight is 1230 g/mol. The summed E-state index contributed by atoms with van der Waals surface area (Å²) in [6.07, 6.45) is -41.0. The summed E-state index contributed by atoms with van der Waals surface area (Å²) in [5.74, 6) is 1.59. The van der Waals surface area contributed by atoms with Crippen molar-refractivity contribution in [1.29, 1.82) is 0 Å². The van der Waals surface area contributed by atoms with Gasteiger partial charge in [0.25, 0.3) is 0 Å². The number of hydrogen-bond acceptors (Lipinski definition) is 29. The largest absolute Gasteiger partial charge is 0.394 e. The van der Waals surface area contributed by atoms with E-state index in [-0.39, 0.29) is 22.9 Å². The summed E-state index contributed by atoms with van der Waals surface area (Å²) < 4.78 is 72.9. The summed E-state index contributed by atoms with van der Waals surface area (Å²) in [6.45, 7) is 3.07. The average Bonchev–Trinajstić information content (AvgIpc) is 1.70. The predicted octanol–water partition coefficient (Wildman–Crippen LogP) is -6.36. The molecule has 0 aromatic rings. The molecule has 11 aliphatic rings. The van der Waals surface area contributed by atoms with Gasteiger partial charge in [-0.1, -0.05) is 20.8 Å². The minimum Gasteiger partial charge on any atom is -0.394 e. The van der Waals surface area contributed by atoms with Crippen LogP contribution >= 0.6 is 0 Å². The lowest BCUT2D eigenvalue weighted by molar-refractivity contribution is -0.411. The Labute approximate surface area is 491 Å². The van der Waals surface area contributed by atoms with Gasteiger partial charge in [-0.25, -0.2) is 0 Å². The van der Waals surface area contributed by atoms with Crippen LogP contribution in [-0.4, -0.2) is 304 Å². The maximum absolute atomic E-state index is 12.0. The summed E-state index contributed by atoms with van der Waals surface area (Å²) in [4.78, 5) is 0. The van der Waals surface area contributed by atoms with Gasteiger partial charge in [-0.15, -0.1) is 0 Å². The van der Waals surface area contributed by atoms with Crippen molar-refractivity contribution in [3.8, 4) is 0 Å². The van der Waals surface area contributed by atoms with Crippen LogP contribution in [0.25, 0.3) is 0 Å². The molecule has 85 heavy (non-hydrogen) atoms. The SMILES string of the molecule is C[C@H]1C2C(CC3C4CCC5C[C@@H](OC6OC(CO)C(OC7OC(CO)C(O)C(OC8OC(CO)C(O)C(OC9OC(CO)C(O)C(O)C9O)C8O)C7OC7OC(CO)C(O)C(O)C7O)C(O)C6O)[C@H](O)C[C@]5(C)C4CC[C@@]32C)O[C@]12CCCCO2. The Morgan fingerprint density at radius 2 is 0.941 bits per heavy atom. The summed E-state index contributed by atoms with van der Waals surface area (Å²) in [6, 6.07) is 0. The lowest BCUT2D eigenvalue weighted by Gasteiger charge is -2.62. The van der Waals surface area contributed by atoms with Gasteiger partial charge in [-0.2, -0.15) is 0 Å². The number of ether oxygens (including phenoxy) is 12. The second-order valence-electron chi connectivity index (χ2n) is 26.6. The number of hydrogen-bond donors (Lipinski definition) is 17. The zero-order valence-electron chi connectivity index (χ0n) is 47.9. The van der Waals surface area contributed by atoms with Gasteiger partial charge in [0, 0.05) is 12.3 Å². The van der Waals surface area contributed by atoms with E-state index in [0.717, 1.165) is 58.0 Å². The summed E-state index contributed by atoms with van der Waals surface area (Å²) in [7, 11) is 0. The molecule has 37 atom stereocenters. The van der Waals surface area contributed by atoms with E-state index in [1.807, 2.05) is 0 Å². The molecule has 0 bridgehead atoms. The van der Waals surface area contributed by atoms with Crippen LogP contribution in [0.4, 0.5) is 0 Å². The highest BCUT2D eigenvalue weighted by Crippen LogP contribution is 2.71. The van der Waals surface area contributed by atoms with Gasteiger partial charge < -0.3 is 144 Å². The van der Waals surface area contributed by atoms with E-state index in [1.165, 1.54) is 0 Å². The number of fused-ring (bicyclic) bond motifs is 7. The van der Waals surface area contributed by atoms with E-state index < -0.39 is 205 Å². The Kier molecular flexibility index (Phi) is 19.8. The second kappa shape index (κ2) is 25.7. The third kappa shape index (κ3) is 11.4. The number of aliphatic hydroxyl groups is 17. The quantitative estimate of drug-likeness (QED) is 0.0678. The molecule has 0 radical (unpaired) electrons. The Morgan fingerprint density at radius 3 is 1.53 bits per heavy atom. The molecule has 29 nitrogen and oxygen atoms in total. The van der Waals surface area contributed by atoms with Gasteiger partial charge >= 0.3 is 0 Å². The minimum absolute atomic E-state index is 0.102. The number of aliphatic hydroxyl groups excluding tert-OH is 17. The molecule has 31 unspecified atom stereocenters. The van der Waals surface area contributed by atoms with Crippen LogP contribution in [0, 0.1) is 46.3 Å². The lowest BCUT2D eigenvalue weighted by Crippen LogP contribution is -2.69. The van der Waals surface area contributed by atoms with Crippen LogP contribution in [0.1, 0.15) is 85.0 Å². The first-order valence-electron chi connectivity index (χ1n) is 30.5. The van der Waals surface area contributed by atoms with E-state index in [0.29, 0.717) is 42.4 Å². The van der Waals surface area contributed by atoms with Crippen molar-refractivity contribution in [1.82, 2.24) is 0 Å². The fourth-order valence-electron chi connectivity index (χ4n) is 17.6. The molecule has 4 aliphatic carbocycles. The third-order valence-electron chi connectivity index (χ3n) is 22.2. The fraction of sp³-hybridized carbons (Fsp3) is 1.00. The lowest BCUT2D eigenvalue weighted by atomic mass is 9.44. The van der Waals surface area contributed by atoms with Gasteiger partial charge in [0.15, 0.2) is 37.2 Å². The third-order valence-corrected chi connectivity index (χ3v) is 22.2. The Hall–Kier alpha value is -1.16. The molecule has 7 aliphatic heterocycles. The van der Waals surface area contributed by atoms with E-state index in [9.17, 15) is 86.8 Å². The van der Waals surface area contributed by atoms with Crippen molar-refractivity contribution >= 4 is 0 Å². The highest BCUT2D eigenvalue weighted by molar-refractivity contribution is 5.16. The first kappa shape index (κ1) is 65.3. The zero-order valence-corrected chi connectivity index (χ0v) is 47.9. The van der Waals surface area contributed by atoms with Crippen LogP contribution in [0.2, 0.25) is 0 Å². The standard InChI is InChI=1S/C56H92O29/c1-20-33-27(85-56(20)9-4-5-11-74-56)13-24-22-7-6-21-12-26(25(62)14-55(21,3)23(22)8-10-54(24,33)2)75-49-43(72)40(69)45(32(19-61)80-49)81-53-48(84-51-42(71)39(68)35(64)29(16-58)77-51)47(37(66)31(18-60)79-53)83-52-44(73)46(36(65)30(17-59)78-52)82-50-41(70)38(67)34(63)28(15-57)76-50/h20-53,57-73H,4-19H2,1-3H3/t20-,21?,22?,23?,24?,25+,26+,27?,28?,29?,30?,31?,32?,33?,34?,35?,36?,37?,38?,39?,40?,41?,42?,43?,44?,45?,46?,47?,48?,49?,50?,51?,52?,53?,54-,55-,56+/m0/s1. The summed E-state index contributed by atoms with van der Waals surface area (Å²) in [5.41, 5.74) is -0.132. The van der Waals surface area contributed by atoms with E-state index in [1.54, 1.807) is 0 Å². The van der Waals surface area contributed by atoms with Gasteiger partial charge in [-0.05, 0) is 98.2 Å². The molecule has 490 valence electrons. The molecular formula is C56H92O29. The van der Waals surface area contributed by atoms with E-state index in [2.05, 4.69) is 20.8 Å². The molecule has 0 amide bonds. The molecule has 17 N–H and O–H groups in total. The Morgan fingerprint density at radius 1 is 0.435 bits per heavy atom. The van der Waals surface area contributed by atoms with Crippen LogP contribution in [0.3, 0.4) is 0 Å². The minimum atomic E-state index is -2.22. The van der Waals surface area contributed by atoms with Crippen molar-refractivity contribution in [2.24, 2.45) is 46.3 Å². The van der Waals surface area contributed by atoms with Crippen molar-refractivity contribution in [2.45, 2.75) is 263 Å². The first-order valence-corrected chi connectivity index (χ1v) is 30.5. The molecule has 11 rings (SSSR count). The van der Waals surface area contributed by atoms with Crippen molar-refractivity contribution in [3.63, 3.8) is 0 Å². The highest BCUT2D eigenvalue weighted by Gasteiger charge is 2.70. The van der Waals surface area contributed by atoms with Gasteiger partial charge in [0.05, 0.1) is 58.0 Å². The fourth-order valence-corrected chi connectivity index (χ4v) is 17.6. The second-order valence-corrected chi connectivity index (χ2v) is 26.6. The van der Waals surface area contributed by atoms with Gasteiger partial charge in [0.1, 0.15) is 122 Å². The monoisotopic (exact) mass is 1230 g/mol. The van der Waals surface area contributed by atoms with Crippen LogP contribution < -0.4 is 0 Å². The maximum Gasteiger partial charge on any atom is 0.187 e. The molecule has 29 heteroatoms. The normalized spacial score (nSPS) is 57.2. The maximum atomic E-state index is 12.0. The predicted molar refractivity (Wildman–Crippen MR) is 278 cm³/mol. The van der Waals surface area contributed by atoms with Crippen molar-refractivity contribution < 1.29 is 144 Å². The van der Waals surface area contributed by atoms with Crippen molar-refractivity contribution in [3.05, 3.63) is 0 Å². The van der Waals surface area contributed by atoms with Crippen LogP contribution in [0.15, 0.2) is 0 Å². The molecular weight excluding hydrogens is 1140 g/mol. The highest BCUT2D eigenvalue weighted by atomic mass is 16.8. The molecule has 4 saturated carbocycles. The zero-order chi connectivity index (χ0) is 60.9. The first-order chi connectivity index (χ1) is 40.5. The van der Waals surface area contributed by atoms with E-state index in [4.69, 9.17) is 56.8 Å². The summed E-state index contributed by atoms with van der Waals surface area (Å²) >= 11 is 0. The number of rotatable bonds is 15. The molecule has 11 fully saturated rings. The molecule has 0 aromatic heterocycles. The summed E-state index contributed by atoms with van der Waals surface area (Å²) in [5, 5.41) is 187. The molecule has 1 spiro atoms. The molecule has 7 saturated heterocycles. The topological polar surface area (TPSA) is 455 Å². The molecule has 7 heterocycles. The van der Waals surface area contributed by atoms with Gasteiger partial charge in [0.2, 0.25) is 0 Å². The Balaban J connectivity index is 0.798. The Bertz CT molecular complexity index is 2200. The van der Waals surface area contributed by atoms with Gasteiger partial charge in [-0.3, -0.25) is 0 Å². The van der Waals surface area contributed by atoms with Crippen LogP contribution in [-0.2, 0) is 56.8 Å². The van der Waals surface area contributed by atoms with E-state index >= 15 is 0 Å². The molecule has 0 aromatic carbocycles. The van der Waals surface area contributed by atoms with Crippen molar-refractivity contribution in [2.75, 3.05) is 39.6 Å². The smallest absolute Gasteiger partial charge is 0.187 e.